The Morgan fingerprint density at radius 3 is 2.31 bits per heavy atom. The lowest BCUT2D eigenvalue weighted by atomic mass is 10.3. The minimum atomic E-state index is -0.947. The zero-order valence-corrected chi connectivity index (χ0v) is 8.34. The Balaban J connectivity index is 2.85. The van der Waals surface area contributed by atoms with Crippen LogP contribution < -0.4 is 4.90 Å². The minimum absolute atomic E-state index is 0.685. The summed E-state index contributed by atoms with van der Waals surface area (Å²) in [6.07, 6.45) is 1.03. The van der Waals surface area contributed by atoms with Gasteiger partial charge in [0.15, 0.2) is 0 Å². The Kier molecular flexibility index (Phi) is 3.19. The second-order valence-electron chi connectivity index (χ2n) is 2.54. The first-order valence-electron chi connectivity index (χ1n) is 3.76. The van der Waals surface area contributed by atoms with E-state index in [2.05, 4.69) is 0 Å². The van der Waals surface area contributed by atoms with Crippen molar-refractivity contribution in [3.63, 3.8) is 0 Å². The van der Waals surface area contributed by atoms with E-state index in [4.69, 9.17) is 5.11 Å². The summed E-state index contributed by atoms with van der Waals surface area (Å²) in [5.41, 5.74) is 0.685. The summed E-state index contributed by atoms with van der Waals surface area (Å²) in [6, 6.07) is 7.39. The van der Waals surface area contributed by atoms with Crippen molar-refractivity contribution in [2.24, 2.45) is 0 Å². The molecule has 1 N–H and O–H groups in total. The maximum absolute atomic E-state index is 10.6. The Morgan fingerprint density at radius 2 is 1.92 bits per heavy atom. The van der Waals surface area contributed by atoms with Gasteiger partial charge in [-0.3, -0.25) is 4.90 Å². The van der Waals surface area contributed by atoms with Crippen LogP contribution in [0.2, 0.25) is 0 Å². The number of benzene rings is 1. The fourth-order valence-electron chi connectivity index (χ4n) is 0.916. The molecule has 1 aromatic rings. The molecule has 3 nitrogen and oxygen atoms in total. The van der Waals surface area contributed by atoms with Crippen LogP contribution in [0.3, 0.4) is 0 Å². The maximum atomic E-state index is 10.6. The van der Waals surface area contributed by atoms with E-state index in [1.165, 1.54) is 11.9 Å². The van der Waals surface area contributed by atoms with Gasteiger partial charge >= 0.3 is 6.09 Å². The van der Waals surface area contributed by atoms with Crippen molar-refractivity contribution >= 4 is 23.5 Å². The second kappa shape index (κ2) is 4.18. The zero-order chi connectivity index (χ0) is 9.84. The number of thioether (sulfide) groups is 1. The van der Waals surface area contributed by atoms with E-state index < -0.39 is 6.09 Å². The number of anilines is 1. The molecule has 1 amide bonds. The van der Waals surface area contributed by atoms with Gasteiger partial charge < -0.3 is 5.11 Å². The van der Waals surface area contributed by atoms with Crippen LogP contribution >= 0.6 is 11.8 Å². The van der Waals surface area contributed by atoms with Crippen LogP contribution in [0.25, 0.3) is 0 Å². The number of carbonyl (C=O) groups is 1. The van der Waals surface area contributed by atoms with Crippen molar-refractivity contribution in [2.45, 2.75) is 4.90 Å². The normalized spacial score (nSPS) is 9.69. The van der Waals surface area contributed by atoms with Gasteiger partial charge in [-0.1, -0.05) is 0 Å². The van der Waals surface area contributed by atoms with Crippen LogP contribution in [0.4, 0.5) is 10.5 Å². The summed E-state index contributed by atoms with van der Waals surface area (Å²) in [5, 5.41) is 8.68. The van der Waals surface area contributed by atoms with Gasteiger partial charge in [-0.05, 0) is 30.5 Å². The molecule has 4 heteroatoms. The highest BCUT2D eigenvalue weighted by Gasteiger charge is 2.06. The third kappa shape index (κ3) is 2.39. The molecular weight excluding hydrogens is 186 g/mol. The molecule has 0 aromatic heterocycles. The fourth-order valence-corrected chi connectivity index (χ4v) is 1.32. The van der Waals surface area contributed by atoms with Crippen molar-refractivity contribution in [3.8, 4) is 0 Å². The highest BCUT2D eigenvalue weighted by Crippen LogP contribution is 2.19. The lowest BCUT2D eigenvalue weighted by molar-refractivity contribution is 0.203. The molecule has 0 heterocycles. The third-order valence-corrected chi connectivity index (χ3v) is 2.49. The summed E-state index contributed by atoms with van der Waals surface area (Å²) in [7, 11) is 1.52. The molecule has 0 saturated heterocycles. The molecule has 0 radical (unpaired) electrons. The zero-order valence-electron chi connectivity index (χ0n) is 7.52. The Labute approximate surface area is 81.4 Å². The van der Waals surface area contributed by atoms with Gasteiger partial charge in [0, 0.05) is 17.6 Å². The molecule has 13 heavy (non-hydrogen) atoms. The predicted molar refractivity (Wildman–Crippen MR) is 54.7 cm³/mol. The molecule has 0 bridgehead atoms. The van der Waals surface area contributed by atoms with E-state index in [0.717, 1.165) is 4.90 Å². The van der Waals surface area contributed by atoms with Crippen molar-refractivity contribution in [2.75, 3.05) is 18.2 Å². The summed E-state index contributed by atoms with van der Waals surface area (Å²) in [4.78, 5) is 12.9. The number of hydrogen-bond acceptors (Lipinski definition) is 2. The lowest BCUT2D eigenvalue weighted by Crippen LogP contribution is -2.23. The first-order chi connectivity index (χ1) is 6.15. The molecule has 0 fully saturated rings. The average molecular weight is 197 g/mol. The van der Waals surface area contributed by atoms with Crippen LogP contribution in [0.15, 0.2) is 29.2 Å². The largest absolute Gasteiger partial charge is 0.465 e. The smallest absolute Gasteiger partial charge is 0.411 e. The molecule has 0 aliphatic rings. The third-order valence-electron chi connectivity index (χ3n) is 1.75. The number of hydrogen-bond donors (Lipinski definition) is 1. The molecule has 0 aliphatic carbocycles. The van der Waals surface area contributed by atoms with E-state index in [1.54, 1.807) is 23.9 Å². The summed E-state index contributed by atoms with van der Waals surface area (Å²) < 4.78 is 0. The summed E-state index contributed by atoms with van der Waals surface area (Å²) >= 11 is 1.63. The summed E-state index contributed by atoms with van der Waals surface area (Å²) in [6.45, 7) is 0. The lowest BCUT2D eigenvalue weighted by Gasteiger charge is -2.12. The Morgan fingerprint density at radius 1 is 1.38 bits per heavy atom. The number of carboxylic acid groups (broad SMARTS) is 1. The van der Waals surface area contributed by atoms with E-state index in [9.17, 15) is 4.79 Å². The highest BCUT2D eigenvalue weighted by molar-refractivity contribution is 7.98. The number of nitrogens with zero attached hydrogens (tertiary/aromatic N) is 1. The Hall–Kier alpha value is -1.16. The van der Waals surface area contributed by atoms with E-state index in [-0.39, 0.29) is 0 Å². The van der Waals surface area contributed by atoms with Gasteiger partial charge in [0.1, 0.15) is 0 Å². The van der Waals surface area contributed by atoms with E-state index >= 15 is 0 Å². The average Bonchev–Trinajstić information content (AvgIpc) is 2.17. The monoisotopic (exact) mass is 197 g/mol. The van der Waals surface area contributed by atoms with E-state index in [0.29, 0.717) is 5.69 Å². The molecule has 70 valence electrons. The second-order valence-corrected chi connectivity index (χ2v) is 3.42. The quantitative estimate of drug-likeness (QED) is 0.740. The molecular formula is C9H11NO2S. The minimum Gasteiger partial charge on any atom is -0.465 e. The van der Waals surface area contributed by atoms with Gasteiger partial charge in [0.2, 0.25) is 0 Å². The van der Waals surface area contributed by atoms with Gasteiger partial charge in [0.25, 0.3) is 0 Å². The molecule has 0 unspecified atom stereocenters. The summed E-state index contributed by atoms with van der Waals surface area (Å²) in [5.74, 6) is 0. The van der Waals surface area contributed by atoms with E-state index in [1.807, 2.05) is 18.4 Å². The predicted octanol–water partition coefficient (Wildman–Crippen LogP) is 2.52. The Bertz CT molecular complexity index is 297. The molecule has 0 atom stereocenters. The van der Waals surface area contributed by atoms with Crippen LogP contribution in [-0.2, 0) is 0 Å². The van der Waals surface area contributed by atoms with Crippen LogP contribution in [0.5, 0.6) is 0 Å². The van der Waals surface area contributed by atoms with Gasteiger partial charge in [-0.2, -0.15) is 0 Å². The van der Waals surface area contributed by atoms with Crippen LogP contribution in [0, 0.1) is 0 Å². The molecule has 1 rings (SSSR count). The van der Waals surface area contributed by atoms with Crippen molar-refractivity contribution in [1.82, 2.24) is 0 Å². The van der Waals surface area contributed by atoms with Gasteiger partial charge in [0.05, 0.1) is 0 Å². The first kappa shape index (κ1) is 9.92. The standard InChI is InChI=1S/C9H11NO2S/c1-10(9(11)12)7-3-5-8(13-2)6-4-7/h3-6H,1-2H3,(H,11,12). The SMILES string of the molecule is CSc1ccc(N(C)C(=O)O)cc1. The van der Waals surface area contributed by atoms with Crippen LogP contribution in [-0.4, -0.2) is 24.5 Å². The fraction of sp³-hybridized carbons (Fsp3) is 0.222. The van der Waals surface area contributed by atoms with Crippen molar-refractivity contribution < 1.29 is 9.90 Å². The van der Waals surface area contributed by atoms with Gasteiger partial charge in [-0.25, -0.2) is 4.79 Å². The molecule has 0 saturated carbocycles. The maximum Gasteiger partial charge on any atom is 0.411 e. The van der Waals surface area contributed by atoms with Gasteiger partial charge in [-0.15, -0.1) is 11.8 Å². The van der Waals surface area contributed by atoms with Crippen molar-refractivity contribution in [1.29, 1.82) is 0 Å². The first-order valence-corrected chi connectivity index (χ1v) is 4.98. The molecule has 0 aliphatic heterocycles. The molecule has 1 aromatic carbocycles. The van der Waals surface area contributed by atoms with Crippen LogP contribution in [0.1, 0.15) is 0 Å². The van der Waals surface area contributed by atoms with Crippen molar-refractivity contribution in [3.05, 3.63) is 24.3 Å². The number of amides is 1. The topological polar surface area (TPSA) is 40.5 Å². The molecule has 0 spiro atoms. The number of rotatable bonds is 2. The highest BCUT2D eigenvalue weighted by atomic mass is 32.2.